The second-order valence-electron chi connectivity index (χ2n) is 6.26. The molecule has 4 nitrogen and oxygen atoms in total. The first-order valence-electron chi connectivity index (χ1n) is 8.75. The first kappa shape index (κ1) is 18.1. The second kappa shape index (κ2) is 8.15. The molecule has 0 aliphatic carbocycles. The summed E-state index contributed by atoms with van der Waals surface area (Å²) in [6, 6.07) is 15.8. The topological polar surface area (TPSA) is 45.2 Å². The smallest absolute Gasteiger partial charge is 0.307 e. The van der Waals surface area contributed by atoms with Crippen molar-refractivity contribution >= 4 is 28.2 Å². The van der Waals surface area contributed by atoms with E-state index in [2.05, 4.69) is 24.1 Å². The Balaban J connectivity index is 1.81. The van der Waals surface area contributed by atoms with Gasteiger partial charge in [-0.05, 0) is 43.5 Å². The van der Waals surface area contributed by atoms with Crippen LogP contribution >= 0.6 is 11.3 Å². The Morgan fingerprint density at radius 2 is 1.88 bits per heavy atom. The van der Waals surface area contributed by atoms with E-state index in [0.29, 0.717) is 11.7 Å². The molecule has 1 heterocycles. The molecule has 0 spiro atoms. The Hall–Kier alpha value is -2.66. The van der Waals surface area contributed by atoms with E-state index in [9.17, 15) is 4.79 Å². The third kappa shape index (κ3) is 4.11. The van der Waals surface area contributed by atoms with Crippen LogP contribution in [-0.4, -0.2) is 17.6 Å². The van der Waals surface area contributed by atoms with Crippen LogP contribution in [0.25, 0.3) is 11.3 Å². The molecule has 5 heteroatoms. The lowest BCUT2D eigenvalue weighted by molar-refractivity contribution is 0.257. The fraction of sp³-hybridized carbons (Fsp3) is 0.238. The van der Waals surface area contributed by atoms with Gasteiger partial charge in [-0.1, -0.05) is 43.3 Å². The first-order valence-corrected chi connectivity index (χ1v) is 9.63. The Labute approximate surface area is 158 Å². The zero-order valence-corrected chi connectivity index (χ0v) is 16.1. The number of carbonyl (C=O) groups is 1. The molecule has 1 aromatic heterocycles. The van der Waals surface area contributed by atoms with Gasteiger partial charge < -0.3 is 5.32 Å². The van der Waals surface area contributed by atoms with Crippen molar-refractivity contribution in [1.82, 2.24) is 4.98 Å². The van der Waals surface area contributed by atoms with E-state index in [-0.39, 0.29) is 6.03 Å². The maximum Gasteiger partial charge on any atom is 0.328 e. The van der Waals surface area contributed by atoms with E-state index in [4.69, 9.17) is 0 Å². The molecule has 1 N–H and O–H groups in total. The molecule has 26 heavy (non-hydrogen) atoms. The molecule has 2 amide bonds. The minimum Gasteiger partial charge on any atom is -0.307 e. The van der Waals surface area contributed by atoms with Crippen LogP contribution in [0.2, 0.25) is 0 Å². The molecule has 3 rings (SSSR count). The largest absolute Gasteiger partial charge is 0.328 e. The maximum absolute atomic E-state index is 12.8. The van der Waals surface area contributed by atoms with Crippen LogP contribution in [0.4, 0.5) is 15.6 Å². The average molecular weight is 366 g/mol. The van der Waals surface area contributed by atoms with E-state index >= 15 is 0 Å². The molecule has 134 valence electrons. The van der Waals surface area contributed by atoms with Gasteiger partial charge >= 0.3 is 6.03 Å². The standard InChI is InChI=1S/C21H23N3OS/c1-4-12-24(20(25)22-18-11-10-15(2)16(3)13-18)21-23-19(14-26-21)17-8-6-5-7-9-17/h5-11,13-14H,4,12H2,1-3H3,(H,22,25). The predicted molar refractivity (Wildman–Crippen MR) is 110 cm³/mol. The van der Waals surface area contributed by atoms with E-state index in [0.717, 1.165) is 28.9 Å². The normalized spacial score (nSPS) is 10.6. The summed E-state index contributed by atoms with van der Waals surface area (Å²) in [6.07, 6.45) is 0.862. The van der Waals surface area contributed by atoms with Gasteiger partial charge in [-0.15, -0.1) is 11.3 Å². The highest BCUT2D eigenvalue weighted by Gasteiger charge is 2.19. The minimum atomic E-state index is -0.149. The third-order valence-corrected chi connectivity index (χ3v) is 5.11. The summed E-state index contributed by atoms with van der Waals surface area (Å²) in [5.74, 6) is 0. The van der Waals surface area contributed by atoms with Crippen LogP contribution in [0.15, 0.2) is 53.9 Å². The highest BCUT2D eigenvalue weighted by Crippen LogP contribution is 2.28. The van der Waals surface area contributed by atoms with Gasteiger partial charge in [-0.2, -0.15) is 0 Å². The SMILES string of the molecule is CCCN(C(=O)Nc1ccc(C)c(C)c1)c1nc(-c2ccccc2)cs1. The summed E-state index contributed by atoms with van der Waals surface area (Å²) >= 11 is 1.49. The number of anilines is 2. The molecule has 0 aliphatic rings. The highest BCUT2D eigenvalue weighted by atomic mass is 32.1. The fourth-order valence-electron chi connectivity index (χ4n) is 2.65. The lowest BCUT2D eigenvalue weighted by Crippen LogP contribution is -2.35. The van der Waals surface area contributed by atoms with Crippen LogP contribution in [0.3, 0.4) is 0 Å². The van der Waals surface area contributed by atoms with Crippen LogP contribution in [0.1, 0.15) is 24.5 Å². The second-order valence-corrected chi connectivity index (χ2v) is 7.10. The van der Waals surface area contributed by atoms with Crippen LogP contribution in [-0.2, 0) is 0 Å². The van der Waals surface area contributed by atoms with E-state index in [1.54, 1.807) is 4.90 Å². The van der Waals surface area contributed by atoms with Gasteiger partial charge in [-0.25, -0.2) is 9.78 Å². The van der Waals surface area contributed by atoms with Crippen LogP contribution < -0.4 is 10.2 Å². The van der Waals surface area contributed by atoms with Gasteiger partial charge in [-0.3, -0.25) is 4.90 Å². The zero-order valence-electron chi connectivity index (χ0n) is 15.3. The number of hydrogen-bond donors (Lipinski definition) is 1. The molecular formula is C21H23N3OS. The predicted octanol–water partition coefficient (Wildman–Crippen LogP) is 5.88. The lowest BCUT2D eigenvalue weighted by Gasteiger charge is -2.20. The van der Waals surface area contributed by atoms with Crippen LogP contribution in [0, 0.1) is 13.8 Å². The number of nitrogens with zero attached hydrogens (tertiary/aromatic N) is 2. The van der Waals surface area contributed by atoms with Crippen molar-refractivity contribution in [1.29, 1.82) is 0 Å². The summed E-state index contributed by atoms with van der Waals surface area (Å²) in [4.78, 5) is 19.2. The molecule has 0 radical (unpaired) electrons. The Morgan fingerprint density at radius 3 is 2.58 bits per heavy atom. The number of carbonyl (C=O) groups excluding carboxylic acids is 1. The van der Waals surface area contributed by atoms with Gasteiger partial charge in [0.2, 0.25) is 0 Å². The lowest BCUT2D eigenvalue weighted by atomic mass is 10.1. The van der Waals surface area contributed by atoms with Crippen LogP contribution in [0.5, 0.6) is 0 Å². The van der Waals surface area contributed by atoms with Crippen molar-refractivity contribution < 1.29 is 4.79 Å². The molecule has 2 aromatic carbocycles. The number of urea groups is 1. The summed E-state index contributed by atoms with van der Waals surface area (Å²) < 4.78 is 0. The van der Waals surface area contributed by atoms with Crippen molar-refractivity contribution in [3.05, 3.63) is 65.0 Å². The first-order chi connectivity index (χ1) is 12.6. The Bertz CT molecular complexity index is 889. The average Bonchev–Trinajstić information content (AvgIpc) is 3.13. The van der Waals surface area contributed by atoms with Crippen molar-refractivity contribution in [2.24, 2.45) is 0 Å². The Kier molecular flexibility index (Phi) is 5.68. The van der Waals surface area contributed by atoms with Crippen molar-refractivity contribution in [2.45, 2.75) is 27.2 Å². The molecule has 0 fully saturated rings. The molecule has 0 bridgehead atoms. The number of rotatable bonds is 5. The van der Waals surface area contributed by atoms with Gasteiger partial charge in [0.15, 0.2) is 5.13 Å². The monoisotopic (exact) mass is 365 g/mol. The number of amides is 2. The summed E-state index contributed by atoms with van der Waals surface area (Å²) in [7, 11) is 0. The maximum atomic E-state index is 12.8. The fourth-order valence-corrected chi connectivity index (χ4v) is 3.51. The van der Waals surface area contributed by atoms with Gasteiger partial charge in [0.05, 0.1) is 5.69 Å². The van der Waals surface area contributed by atoms with Gasteiger partial charge in [0, 0.05) is 23.2 Å². The van der Waals surface area contributed by atoms with Crippen molar-refractivity contribution in [3.8, 4) is 11.3 Å². The Morgan fingerprint density at radius 1 is 1.12 bits per heavy atom. The molecular weight excluding hydrogens is 342 g/mol. The number of thiazole rings is 1. The number of hydrogen-bond acceptors (Lipinski definition) is 3. The van der Waals surface area contributed by atoms with Crippen molar-refractivity contribution in [2.75, 3.05) is 16.8 Å². The van der Waals surface area contributed by atoms with E-state index < -0.39 is 0 Å². The highest BCUT2D eigenvalue weighted by molar-refractivity contribution is 7.14. The molecule has 0 unspecified atom stereocenters. The number of nitrogens with one attached hydrogen (secondary N) is 1. The molecule has 3 aromatic rings. The van der Waals surface area contributed by atoms with Crippen molar-refractivity contribution in [3.63, 3.8) is 0 Å². The van der Waals surface area contributed by atoms with Gasteiger partial charge in [0.25, 0.3) is 0 Å². The summed E-state index contributed by atoms with van der Waals surface area (Å²) in [5, 5.41) is 5.71. The third-order valence-electron chi connectivity index (χ3n) is 4.24. The summed E-state index contributed by atoms with van der Waals surface area (Å²) in [5.41, 5.74) is 5.12. The van der Waals surface area contributed by atoms with E-state index in [1.807, 2.05) is 60.8 Å². The quantitative estimate of drug-likeness (QED) is 0.614. The minimum absolute atomic E-state index is 0.149. The van der Waals surface area contributed by atoms with E-state index in [1.165, 1.54) is 16.9 Å². The number of benzene rings is 2. The molecule has 0 saturated carbocycles. The summed E-state index contributed by atoms with van der Waals surface area (Å²) in [6.45, 7) is 6.78. The zero-order chi connectivity index (χ0) is 18.5. The number of aromatic nitrogens is 1. The van der Waals surface area contributed by atoms with Gasteiger partial charge in [0.1, 0.15) is 0 Å². The molecule has 0 saturated heterocycles. The molecule has 0 atom stereocenters. The molecule has 0 aliphatic heterocycles. The number of aryl methyl sites for hydroxylation is 2.